The Labute approximate surface area is 100 Å². The summed E-state index contributed by atoms with van der Waals surface area (Å²) in [4.78, 5) is 16.4. The summed E-state index contributed by atoms with van der Waals surface area (Å²) >= 11 is 0. The minimum Gasteiger partial charge on any atom is -0.481 e. The van der Waals surface area contributed by atoms with Crippen molar-refractivity contribution < 1.29 is 14.3 Å². The van der Waals surface area contributed by atoms with Crippen LogP contribution in [0.25, 0.3) is 0 Å². The third kappa shape index (κ3) is 4.48. The number of carboxylic acid groups (broad SMARTS) is 1. The van der Waals surface area contributed by atoms with Crippen molar-refractivity contribution in [2.45, 2.75) is 32.9 Å². The molecular formula is C12H17FN2O2. The van der Waals surface area contributed by atoms with E-state index in [-0.39, 0.29) is 18.3 Å². The number of pyridine rings is 1. The first-order valence-electron chi connectivity index (χ1n) is 5.58. The fourth-order valence-corrected chi connectivity index (χ4v) is 1.74. The summed E-state index contributed by atoms with van der Waals surface area (Å²) in [5.41, 5.74) is 0.754. The lowest BCUT2D eigenvalue weighted by molar-refractivity contribution is -0.138. The highest BCUT2D eigenvalue weighted by Crippen LogP contribution is 2.10. The molecule has 0 aliphatic heterocycles. The predicted molar refractivity (Wildman–Crippen MR) is 62.0 cm³/mol. The smallest absolute Gasteiger partial charge is 0.304 e. The third-order valence-electron chi connectivity index (χ3n) is 2.65. The predicted octanol–water partition coefficient (Wildman–Crippen LogP) is 1.91. The van der Waals surface area contributed by atoms with Crippen molar-refractivity contribution in [3.05, 3.63) is 29.8 Å². The van der Waals surface area contributed by atoms with Crippen LogP contribution in [0.3, 0.4) is 0 Å². The molecule has 0 saturated heterocycles. The minimum absolute atomic E-state index is 0.0799. The Hall–Kier alpha value is -1.49. The summed E-state index contributed by atoms with van der Waals surface area (Å²) in [5, 5.41) is 8.74. The van der Waals surface area contributed by atoms with E-state index in [2.05, 4.69) is 4.98 Å². The zero-order valence-electron chi connectivity index (χ0n) is 10.1. The van der Waals surface area contributed by atoms with Gasteiger partial charge in [-0.25, -0.2) is 4.39 Å². The van der Waals surface area contributed by atoms with Gasteiger partial charge in [-0.3, -0.25) is 14.7 Å². The van der Waals surface area contributed by atoms with Gasteiger partial charge in [0, 0.05) is 18.8 Å². The second-order valence-electron chi connectivity index (χ2n) is 4.02. The fraction of sp³-hybridized carbons (Fsp3) is 0.500. The van der Waals surface area contributed by atoms with Gasteiger partial charge in [0.2, 0.25) is 0 Å². The van der Waals surface area contributed by atoms with E-state index in [1.165, 1.54) is 6.07 Å². The molecule has 1 rings (SSSR count). The van der Waals surface area contributed by atoms with E-state index in [0.29, 0.717) is 13.1 Å². The highest BCUT2D eigenvalue weighted by molar-refractivity contribution is 5.67. The quantitative estimate of drug-likeness (QED) is 0.825. The molecule has 94 valence electrons. The van der Waals surface area contributed by atoms with Crippen LogP contribution in [0, 0.1) is 5.82 Å². The van der Waals surface area contributed by atoms with E-state index < -0.39 is 5.97 Å². The van der Waals surface area contributed by atoms with Crippen LogP contribution in [0.2, 0.25) is 0 Å². The number of hydrogen-bond donors (Lipinski definition) is 1. The van der Waals surface area contributed by atoms with E-state index >= 15 is 0 Å². The van der Waals surface area contributed by atoms with Crippen molar-refractivity contribution in [3.8, 4) is 0 Å². The molecule has 0 aromatic carbocycles. The van der Waals surface area contributed by atoms with Crippen LogP contribution < -0.4 is 0 Å². The number of rotatable bonds is 6. The van der Waals surface area contributed by atoms with Crippen molar-refractivity contribution in [3.63, 3.8) is 0 Å². The molecule has 17 heavy (non-hydrogen) atoms. The summed E-state index contributed by atoms with van der Waals surface area (Å²) in [7, 11) is 0. The molecule has 0 fully saturated rings. The Morgan fingerprint density at radius 1 is 1.59 bits per heavy atom. The Morgan fingerprint density at radius 2 is 2.29 bits per heavy atom. The lowest BCUT2D eigenvalue weighted by Gasteiger charge is -2.26. The van der Waals surface area contributed by atoms with Crippen molar-refractivity contribution >= 4 is 5.97 Å². The first-order chi connectivity index (χ1) is 8.02. The number of aromatic nitrogens is 1. The number of aliphatic carboxylic acids is 1. The number of carbonyl (C=O) groups is 1. The molecule has 1 aromatic heterocycles. The fourth-order valence-electron chi connectivity index (χ4n) is 1.74. The number of halogens is 1. The molecule has 1 unspecified atom stereocenters. The standard InChI is InChI=1S/C12H17FN2O2/c1-3-15(9(2)4-12(16)17)8-10-5-11(13)7-14-6-10/h5-7,9H,3-4,8H2,1-2H3,(H,16,17). The molecule has 1 aromatic rings. The highest BCUT2D eigenvalue weighted by Gasteiger charge is 2.15. The summed E-state index contributed by atoms with van der Waals surface area (Å²) in [6, 6.07) is 1.34. The van der Waals surface area contributed by atoms with E-state index in [1.54, 1.807) is 6.20 Å². The molecule has 0 radical (unpaired) electrons. The first kappa shape index (κ1) is 13.6. The van der Waals surface area contributed by atoms with E-state index in [4.69, 9.17) is 5.11 Å². The van der Waals surface area contributed by atoms with Crippen molar-refractivity contribution in [2.24, 2.45) is 0 Å². The van der Waals surface area contributed by atoms with Crippen molar-refractivity contribution in [1.29, 1.82) is 0 Å². The topological polar surface area (TPSA) is 53.4 Å². The Bertz CT molecular complexity index is 385. The van der Waals surface area contributed by atoms with E-state index in [9.17, 15) is 9.18 Å². The van der Waals surface area contributed by atoms with Gasteiger partial charge in [-0.15, -0.1) is 0 Å². The van der Waals surface area contributed by atoms with Gasteiger partial charge in [0.15, 0.2) is 0 Å². The molecule has 0 bridgehead atoms. The normalized spacial score (nSPS) is 12.7. The van der Waals surface area contributed by atoms with Crippen LogP contribution in [0.1, 0.15) is 25.8 Å². The van der Waals surface area contributed by atoms with Gasteiger partial charge in [0.05, 0.1) is 12.6 Å². The molecule has 5 heteroatoms. The largest absolute Gasteiger partial charge is 0.481 e. The average molecular weight is 240 g/mol. The minimum atomic E-state index is -0.826. The molecule has 1 heterocycles. The van der Waals surface area contributed by atoms with Crippen LogP contribution >= 0.6 is 0 Å². The highest BCUT2D eigenvalue weighted by atomic mass is 19.1. The average Bonchev–Trinajstić information content (AvgIpc) is 2.24. The van der Waals surface area contributed by atoms with Crippen molar-refractivity contribution in [1.82, 2.24) is 9.88 Å². The summed E-state index contributed by atoms with van der Waals surface area (Å²) in [5.74, 6) is -1.20. The maximum Gasteiger partial charge on any atom is 0.304 e. The van der Waals surface area contributed by atoms with Gasteiger partial charge in [-0.1, -0.05) is 6.92 Å². The SMILES string of the molecule is CCN(Cc1cncc(F)c1)C(C)CC(=O)O. The van der Waals surface area contributed by atoms with Gasteiger partial charge in [0.25, 0.3) is 0 Å². The van der Waals surface area contributed by atoms with Gasteiger partial charge in [0.1, 0.15) is 5.82 Å². The molecule has 0 amide bonds. The molecule has 0 aliphatic rings. The van der Waals surface area contributed by atoms with Crippen LogP contribution in [-0.4, -0.2) is 33.5 Å². The second-order valence-corrected chi connectivity index (χ2v) is 4.02. The maximum absolute atomic E-state index is 13.0. The monoisotopic (exact) mass is 240 g/mol. The van der Waals surface area contributed by atoms with Crippen LogP contribution in [0.15, 0.2) is 18.5 Å². The summed E-state index contributed by atoms with van der Waals surface area (Å²) < 4.78 is 13.0. The number of carboxylic acids is 1. The number of hydrogen-bond acceptors (Lipinski definition) is 3. The number of nitrogens with zero attached hydrogens (tertiary/aromatic N) is 2. The zero-order valence-corrected chi connectivity index (χ0v) is 10.1. The van der Waals surface area contributed by atoms with Gasteiger partial charge in [-0.05, 0) is 25.1 Å². The Kier molecular flexibility index (Phi) is 5.03. The molecular weight excluding hydrogens is 223 g/mol. The first-order valence-corrected chi connectivity index (χ1v) is 5.58. The molecule has 0 spiro atoms. The second kappa shape index (κ2) is 6.30. The van der Waals surface area contributed by atoms with E-state index in [1.807, 2.05) is 18.7 Å². The van der Waals surface area contributed by atoms with Crippen molar-refractivity contribution in [2.75, 3.05) is 6.54 Å². The molecule has 0 aliphatic carbocycles. The lowest BCUT2D eigenvalue weighted by Crippen LogP contribution is -2.34. The van der Waals surface area contributed by atoms with Crippen LogP contribution in [0.5, 0.6) is 0 Å². The molecule has 1 N–H and O–H groups in total. The van der Waals surface area contributed by atoms with E-state index in [0.717, 1.165) is 11.8 Å². The van der Waals surface area contributed by atoms with Gasteiger partial charge < -0.3 is 5.11 Å². The molecule has 1 atom stereocenters. The van der Waals surface area contributed by atoms with Crippen LogP contribution in [-0.2, 0) is 11.3 Å². The molecule has 0 saturated carbocycles. The lowest BCUT2D eigenvalue weighted by atomic mass is 10.1. The third-order valence-corrected chi connectivity index (χ3v) is 2.65. The zero-order chi connectivity index (χ0) is 12.8. The summed E-state index contributed by atoms with van der Waals surface area (Å²) in [6.07, 6.45) is 2.83. The maximum atomic E-state index is 13.0. The summed E-state index contributed by atoms with van der Waals surface area (Å²) in [6.45, 7) is 5.02. The Balaban J connectivity index is 2.66. The van der Waals surface area contributed by atoms with Gasteiger partial charge >= 0.3 is 5.97 Å². The van der Waals surface area contributed by atoms with Gasteiger partial charge in [-0.2, -0.15) is 0 Å². The molecule has 4 nitrogen and oxygen atoms in total. The Morgan fingerprint density at radius 3 is 2.82 bits per heavy atom. The van der Waals surface area contributed by atoms with Crippen LogP contribution in [0.4, 0.5) is 4.39 Å².